The molecule has 2 unspecified atom stereocenters. The van der Waals surface area contributed by atoms with Crippen molar-refractivity contribution in [3.05, 3.63) is 58.3 Å². The Morgan fingerprint density at radius 3 is 2.71 bits per heavy atom. The summed E-state index contributed by atoms with van der Waals surface area (Å²) in [5.74, 6) is 6.48. The first-order valence-electron chi connectivity index (χ1n) is 9.38. The van der Waals surface area contributed by atoms with Crippen molar-refractivity contribution in [2.75, 3.05) is 19.8 Å². The van der Waals surface area contributed by atoms with E-state index in [9.17, 15) is 10.2 Å². The van der Waals surface area contributed by atoms with Crippen molar-refractivity contribution in [1.29, 1.82) is 0 Å². The predicted molar refractivity (Wildman–Crippen MR) is 118 cm³/mol. The number of thiazole rings is 1. The van der Waals surface area contributed by atoms with E-state index < -0.39 is 11.8 Å². The zero-order valence-corrected chi connectivity index (χ0v) is 18.0. The highest BCUT2D eigenvalue weighted by Crippen LogP contribution is 2.28. The molecule has 0 aliphatic rings. The van der Waals surface area contributed by atoms with E-state index in [1.54, 1.807) is 54.4 Å². The van der Waals surface area contributed by atoms with Crippen LogP contribution in [-0.4, -0.2) is 53.9 Å². The van der Waals surface area contributed by atoms with Crippen LogP contribution in [0.25, 0.3) is 16.7 Å². The average Bonchev–Trinajstić information content (AvgIpc) is 3.40. The van der Waals surface area contributed by atoms with Crippen LogP contribution in [0.5, 0.6) is 0 Å². The van der Waals surface area contributed by atoms with Crippen molar-refractivity contribution in [1.82, 2.24) is 29.6 Å². The standard InChI is InChI=1S/C21H21N7O2S/c1-21(30,19-23-10-11-31-19)8-6-13-4-5-14-15(12-13)28(16-7-9-24-20(22)25-16)26-17(14)18(29)27(2)3/h4-5,7,9-12,18,29-30H,1-3H3,(H2,22,24,25). The molecule has 10 heteroatoms. The SMILES string of the molecule is CN(C)C(O)c1nn(-c2ccnc(N)n2)c2cc(C#CC(C)(O)c3nccs3)ccc12. The summed E-state index contributed by atoms with van der Waals surface area (Å²) in [6.45, 7) is 1.61. The Balaban J connectivity index is 1.85. The summed E-state index contributed by atoms with van der Waals surface area (Å²) in [5, 5.41) is 28.9. The molecule has 0 saturated heterocycles. The number of aliphatic hydroxyl groups is 2. The Bertz CT molecular complexity index is 1290. The van der Waals surface area contributed by atoms with Gasteiger partial charge in [0.15, 0.2) is 17.6 Å². The van der Waals surface area contributed by atoms with Crippen molar-refractivity contribution in [2.24, 2.45) is 0 Å². The van der Waals surface area contributed by atoms with Crippen molar-refractivity contribution < 1.29 is 10.2 Å². The van der Waals surface area contributed by atoms with Crippen molar-refractivity contribution >= 4 is 28.2 Å². The molecule has 3 aromatic heterocycles. The molecule has 0 radical (unpaired) electrons. The lowest BCUT2D eigenvalue weighted by atomic mass is 10.1. The van der Waals surface area contributed by atoms with Crippen molar-refractivity contribution in [2.45, 2.75) is 18.8 Å². The van der Waals surface area contributed by atoms with Gasteiger partial charge in [0.2, 0.25) is 5.95 Å². The molecule has 158 valence electrons. The quantitative estimate of drug-likeness (QED) is 0.326. The minimum atomic E-state index is -1.36. The van der Waals surface area contributed by atoms with Crippen LogP contribution >= 0.6 is 11.3 Å². The monoisotopic (exact) mass is 435 g/mol. The van der Waals surface area contributed by atoms with E-state index >= 15 is 0 Å². The maximum absolute atomic E-state index is 10.6. The first kappa shape index (κ1) is 20.9. The fourth-order valence-corrected chi connectivity index (χ4v) is 3.67. The minimum absolute atomic E-state index is 0.117. The normalized spacial score (nSPS) is 14.3. The van der Waals surface area contributed by atoms with E-state index in [1.165, 1.54) is 11.3 Å². The van der Waals surface area contributed by atoms with E-state index in [4.69, 9.17) is 5.73 Å². The Morgan fingerprint density at radius 1 is 1.23 bits per heavy atom. The molecule has 3 heterocycles. The van der Waals surface area contributed by atoms with Gasteiger partial charge in [-0.3, -0.25) is 4.90 Å². The first-order chi connectivity index (χ1) is 14.8. The number of nitrogens with two attached hydrogens (primary N) is 1. The van der Waals surface area contributed by atoms with E-state index in [1.807, 2.05) is 18.2 Å². The van der Waals surface area contributed by atoms with Crippen LogP contribution in [-0.2, 0) is 5.60 Å². The first-order valence-corrected chi connectivity index (χ1v) is 10.3. The van der Waals surface area contributed by atoms with Crippen LogP contribution in [0.4, 0.5) is 5.95 Å². The van der Waals surface area contributed by atoms with E-state index in [2.05, 4.69) is 31.9 Å². The van der Waals surface area contributed by atoms with Crippen molar-refractivity contribution in [3.63, 3.8) is 0 Å². The zero-order chi connectivity index (χ0) is 22.2. The fourth-order valence-electron chi connectivity index (χ4n) is 3.02. The smallest absolute Gasteiger partial charge is 0.221 e. The van der Waals surface area contributed by atoms with Crippen LogP contribution in [0.2, 0.25) is 0 Å². The summed E-state index contributed by atoms with van der Waals surface area (Å²) in [4.78, 5) is 14.0. The molecule has 31 heavy (non-hydrogen) atoms. The van der Waals surface area contributed by atoms with Crippen LogP contribution in [0.3, 0.4) is 0 Å². The summed E-state index contributed by atoms with van der Waals surface area (Å²) >= 11 is 1.34. The van der Waals surface area contributed by atoms with Gasteiger partial charge in [-0.25, -0.2) is 14.6 Å². The maximum Gasteiger partial charge on any atom is 0.221 e. The Hall–Kier alpha value is -3.36. The van der Waals surface area contributed by atoms with Gasteiger partial charge in [0.1, 0.15) is 10.7 Å². The number of rotatable bonds is 4. The lowest BCUT2D eigenvalue weighted by Crippen LogP contribution is -2.20. The minimum Gasteiger partial charge on any atom is -0.372 e. The van der Waals surface area contributed by atoms with Crippen LogP contribution in [0, 0.1) is 11.8 Å². The number of hydrogen-bond acceptors (Lipinski definition) is 9. The fraction of sp³-hybridized carbons (Fsp3) is 0.238. The third-order valence-corrected chi connectivity index (χ3v) is 5.60. The second kappa shape index (κ2) is 8.05. The summed E-state index contributed by atoms with van der Waals surface area (Å²) in [6.07, 6.45) is 2.26. The van der Waals surface area contributed by atoms with Crippen molar-refractivity contribution in [3.8, 4) is 17.7 Å². The molecule has 4 aromatic rings. The molecule has 0 bridgehead atoms. The molecule has 0 spiro atoms. The largest absolute Gasteiger partial charge is 0.372 e. The van der Waals surface area contributed by atoms with Crippen LogP contribution in [0.1, 0.15) is 29.4 Å². The Labute approximate surface area is 182 Å². The molecule has 2 atom stereocenters. The molecule has 0 amide bonds. The maximum atomic E-state index is 10.6. The van der Waals surface area contributed by atoms with Gasteiger partial charge in [-0.15, -0.1) is 11.3 Å². The lowest BCUT2D eigenvalue weighted by molar-refractivity contribution is 0.0367. The number of anilines is 1. The highest BCUT2D eigenvalue weighted by atomic mass is 32.1. The molecular formula is C21H21N7O2S. The number of nitrogen functional groups attached to an aromatic ring is 1. The molecule has 0 saturated carbocycles. The molecule has 0 fully saturated rings. The summed E-state index contributed by atoms with van der Waals surface area (Å²) in [6, 6.07) is 7.17. The van der Waals surface area contributed by atoms with Gasteiger partial charge >= 0.3 is 0 Å². The zero-order valence-electron chi connectivity index (χ0n) is 17.2. The third-order valence-electron chi connectivity index (χ3n) is 4.62. The molecule has 4 rings (SSSR count). The van der Waals surface area contributed by atoms with E-state index in [0.29, 0.717) is 27.6 Å². The molecular weight excluding hydrogens is 414 g/mol. The van der Waals surface area contributed by atoms with Gasteiger partial charge < -0.3 is 15.9 Å². The molecule has 4 N–H and O–H groups in total. The number of aliphatic hydroxyl groups excluding tert-OH is 1. The molecule has 1 aromatic carbocycles. The second-order valence-corrected chi connectivity index (χ2v) is 8.19. The highest BCUT2D eigenvalue weighted by Gasteiger charge is 2.23. The van der Waals surface area contributed by atoms with Gasteiger partial charge in [-0.2, -0.15) is 10.1 Å². The van der Waals surface area contributed by atoms with Crippen LogP contribution < -0.4 is 5.73 Å². The van der Waals surface area contributed by atoms with Gasteiger partial charge in [0.05, 0.1) is 5.52 Å². The van der Waals surface area contributed by atoms with Gasteiger partial charge in [0.25, 0.3) is 0 Å². The Kier molecular flexibility index (Phi) is 5.43. The predicted octanol–water partition coefficient (Wildman–Crippen LogP) is 1.67. The summed E-state index contributed by atoms with van der Waals surface area (Å²) < 4.78 is 1.60. The summed E-state index contributed by atoms with van der Waals surface area (Å²) in [5.41, 5.74) is 6.22. The van der Waals surface area contributed by atoms with Gasteiger partial charge in [0, 0.05) is 34.8 Å². The molecule has 0 aliphatic heterocycles. The highest BCUT2D eigenvalue weighted by molar-refractivity contribution is 7.09. The number of nitrogens with zero attached hydrogens (tertiary/aromatic N) is 6. The summed E-state index contributed by atoms with van der Waals surface area (Å²) in [7, 11) is 3.53. The topological polar surface area (TPSA) is 126 Å². The Morgan fingerprint density at radius 2 is 2.03 bits per heavy atom. The third kappa shape index (κ3) is 4.12. The van der Waals surface area contributed by atoms with Gasteiger partial charge in [-0.05, 0) is 39.2 Å². The molecule has 9 nitrogen and oxygen atoms in total. The number of fused-ring (bicyclic) bond motifs is 1. The van der Waals surface area contributed by atoms with E-state index in [0.717, 1.165) is 5.39 Å². The molecule has 0 aliphatic carbocycles. The second-order valence-electron chi connectivity index (χ2n) is 7.30. The number of benzene rings is 1. The lowest BCUT2D eigenvalue weighted by Gasteiger charge is -2.16. The van der Waals surface area contributed by atoms with Gasteiger partial charge in [-0.1, -0.05) is 11.8 Å². The van der Waals surface area contributed by atoms with Crippen LogP contribution in [0.15, 0.2) is 42.0 Å². The average molecular weight is 436 g/mol. The number of hydrogen-bond donors (Lipinski definition) is 3. The number of aromatic nitrogens is 5. The van der Waals surface area contributed by atoms with E-state index in [-0.39, 0.29) is 5.95 Å².